The van der Waals surface area contributed by atoms with Gasteiger partial charge in [0.15, 0.2) is 6.54 Å². The monoisotopic (exact) mass is 267 g/mol. The molecule has 2 aromatic rings. The Morgan fingerprint density at radius 2 is 1.78 bits per heavy atom. The first-order valence-corrected chi connectivity index (χ1v) is 7.35. The zero-order chi connectivity index (χ0) is 13.2. The Morgan fingerprint density at radius 1 is 1.11 bits per heavy atom. The van der Waals surface area contributed by atoms with E-state index >= 15 is 0 Å². The highest BCUT2D eigenvalue weighted by molar-refractivity contribution is 7.89. The maximum absolute atomic E-state index is 12.5. The molecule has 0 aliphatic carbocycles. The molecule has 96 valence electrons. The topological polar surface area (TPSA) is 46.8 Å². The first-order valence-electron chi connectivity index (χ1n) is 5.91. The molecule has 0 aliphatic heterocycles. The molecule has 0 unspecified atom stereocenters. The van der Waals surface area contributed by atoms with Crippen molar-refractivity contribution in [1.29, 1.82) is 0 Å². The van der Waals surface area contributed by atoms with Crippen LogP contribution >= 0.6 is 0 Å². The van der Waals surface area contributed by atoms with Gasteiger partial charge in [-0.15, -0.1) is 0 Å². The lowest BCUT2D eigenvalue weighted by Crippen LogP contribution is -2.45. The normalized spacial score (nSPS) is 11.7. The SMILES string of the molecule is CC[n+]1cn(S(=O)(=O)c2ccccc2)[n+](CC)c1. The zero-order valence-corrected chi connectivity index (χ0v) is 11.3. The van der Waals surface area contributed by atoms with E-state index in [1.54, 1.807) is 47.7 Å². The minimum Gasteiger partial charge on any atom is -0.167 e. The third-order valence-electron chi connectivity index (χ3n) is 2.76. The van der Waals surface area contributed by atoms with E-state index in [4.69, 9.17) is 0 Å². The van der Waals surface area contributed by atoms with Crippen molar-refractivity contribution in [2.75, 3.05) is 0 Å². The molecule has 5 nitrogen and oxygen atoms in total. The van der Waals surface area contributed by atoms with Crippen molar-refractivity contribution in [2.24, 2.45) is 0 Å². The van der Waals surface area contributed by atoms with Crippen molar-refractivity contribution in [3.8, 4) is 0 Å². The van der Waals surface area contributed by atoms with Gasteiger partial charge in [-0.1, -0.05) is 18.2 Å². The highest BCUT2D eigenvalue weighted by Gasteiger charge is 2.33. The highest BCUT2D eigenvalue weighted by Crippen LogP contribution is 2.09. The van der Waals surface area contributed by atoms with Crippen LogP contribution in [0.25, 0.3) is 0 Å². The lowest BCUT2D eigenvalue weighted by molar-refractivity contribution is -0.817. The first kappa shape index (κ1) is 12.8. The molecular formula is C12H17N3O2S+2. The van der Waals surface area contributed by atoms with Gasteiger partial charge in [-0.3, -0.25) is 0 Å². The van der Waals surface area contributed by atoms with Crippen LogP contribution in [0.4, 0.5) is 0 Å². The molecule has 0 aliphatic rings. The number of hydrogen-bond acceptors (Lipinski definition) is 2. The number of nitrogens with zero attached hydrogens (tertiary/aromatic N) is 3. The van der Waals surface area contributed by atoms with Crippen LogP contribution in [0.2, 0.25) is 0 Å². The molecule has 0 atom stereocenters. The van der Waals surface area contributed by atoms with Crippen molar-refractivity contribution >= 4 is 10.0 Å². The number of aryl methyl sites for hydroxylation is 2. The third kappa shape index (κ3) is 2.15. The van der Waals surface area contributed by atoms with Gasteiger partial charge in [-0.05, 0) is 30.7 Å². The second-order valence-corrected chi connectivity index (χ2v) is 5.70. The Hall–Kier alpha value is -1.69. The van der Waals surface area contributed by atoms with Crippen molar-refractivity contribution in [2.45, 2.75) is 31.8 Å². The van der Waals surface area contributed by atoms with Gasteiger partial charge in [0, 0.05) is 0 Å². The van der Waals surface area contributed by atoms with Gasteiger partial charge in [0.2, 0.25) is 0 Å². The predicted molar refractivity (Wildman–Crippen MR) is 65.2 cm³/mol. The molecule has 0 radical (unpaired) electrons. The van der Waals surface area contributed by atoms with Gasteiger partial charge in [0.25, 0.3) is 0 Å². The fourth-order valence-corrected chi connectivity index (χ4v) is 3.13. The van der Waals surface area contributed by atoms with Crippen LogP contribution in [0.3, 0.4) is 0 Å². The van der Waals surface area contributed by atoms with E-state index in [2.05, 4.69) is 0 Å². The van der Waals surface area contributed by atoms with Crippen LogP contribution in [-0.4, -0.2) is 12.5 Å². The fourth-order valence-electron chi connectivity index (χ4n) is 1.73. The Morgan fingerprint density at radius 3 is 2.33 bits per heavy atom. The van der Waals surface area contributed by atoms with E-state index in [1.807, 2.05) is 18.4 Å². The van der Waals surface area contributed by atoms with Crippen LogP contribution in [0.5, 0.6) is 0 Å². The maximum atomic E-state index is 12.5. The molecular weight excluding hydrogens is 250 g/mol. The summed E-state index contributed by atoms with van der Waals surface area (Å²) in [5.74, 6) is 0. The lowest BCUT2D eigenvalue weighted by atomic mass is 10.4. The molecule has 0 bridgehead atoms. The van der Waals surface area contributed by atoms with Crippen LogP contribution in [-0.2, 0) is 23.1 Å². The molecule has 0 spiro atoms. The van der Waals surface area contributed by atoms with E-state index in [9.17, 15) is 8.42 Å². The van der Waals surface area contributed by atoms with Gasteiger partial charge in [-0.25, -0.2) is 0 Å². The summed E-state index contributed by atoms with van der Waals surface area (Å²) in [4.78, 5) is 0.297. The second-order valence-electron chi connectivity index (χ2n) is 3.91. The van der Waals surface area contributed by atoms with Gasteiger partial charge in [0.05, 0.1) is 4.09 Å². The highest BCUT2D eigenvalue weighted by atomic mass is 32.2. The molecule has 0 saturated heterocycles. The summed E-state index contributed by atoms with van der Waals surface area (Å²) in [6, 6.07) is 8.45. The summed E-state index contributed by atoms with van der Waals surface area (Å²) < 4.78 is 29.7. The summed E-state index contributed by atoms with van der Waals surface area (Å²) in [7, 11) is -3.51. The van der Waals surface area contributed by atoms with E-state index in [0.29, 0.717) is 11.4 Å². The smallest absolute Gasteiger partial charge is 0.167 e. The van der Waals surface area contributed by atoms with E-state index < -0.39 is 10.0 Å². The maximum Gasteiger partial charge on any atom is 0.398 e. The van der Waals surface area contributed by atoms with Gasteiger partial charge < -0.3 is 0 Å². The van der Waals surface area contributed by atoms with Crippen LogP contribution < -0.4 is 9.25 Å². The van der Waals surface area contributed by atoms with Crippen molar-refractivity contribution in [3.05, 3.63) is 43.0 Å². The molecule has 1 aromatic heterocycles. The molecule has 0 N–H and O–H groups in total. The van der Waals surface area contributed by atoms with E-state index in [1.165, 1.54) is 4.09 Å². The molecule has 18 heavy (non-hydrogen) atoms. The largest absolute Gasteiger partial charge is 0.398 e. The number of benzene rings is 1. The molecule has 1 aromatic carbocycles. The minimum atomic E-state index is -3.51. The van der Waals surface area contributed by atoms with Crippen molar-refractivity contribution in [3.63, 3.8) is 0 Å². The summed E-state index contributed by atoms with van der Waals surface area (Å²) in [5.41, 5.74) is 0. The standard InChI is InChI=1S/C12H17N3O2S/c1-3-13-10-14(4-2)15(11-13)18(16,17)12-8-6-5-7-9-12/h5-11H,3-4H2,1-2H3/q+2. The Kier molecular flexibility index (Phi) is 3.47. The Bertz CT molecular complexity index is 633. The van der Waals surface area contributed by atoms with Crippen LogP contribution in [0.15, 0.2) is 47.9 Å². The van der Waals surface area contributed by atoms with Crippen molar-refractivity contribution in [1.82, 2.24) is 4.09 Å². The van der Waals surface area contributed by atoms with Gasteiger partial charge in [0.1, 0.15) is 11.4 Å². The fraction of sp³-hybridized carbons (Fsp3) is 0.333. The predicted octanol–water partition coefficient (Wildman–Crippen LogP) is 0.340. The van der Waals surface area contributed by atoms with Gasteiger partial charge in [-0.2, -0.15) is 13.0 Å². The minimum absolute atomic E-state index is 0.297. The number of rotatable bonds is 4. The number of aromatic nitrogens is 3. The second kappa shape index (κ2) is 4.89. The molecule has 1 heterocycles. The van der Waals surface area contributed by atoms with E-state index in [0.717, 1.165) is 6.54 Å². The van der Waals surface area contributed by atoms with Crippen molar-refractivity contribution < 1.29 is 17.7 Å². The summed E-state index contributed by atoms with van der Waals surface area (Å²) in [6.45, 7) is 5.22. The summed E-state index contributed by atoms with van der Waals surface area (Å²) in [6.07, 6.45) is 3.40. The zero-order valence-electron chi connectivity index (χ0n) is 10.5. The third-order valence-corrected chi connectivity index (χ3v) is 4.42. The molecule has 6 heteroatoms. The van der Waals surface area contributed by atoms with Crippen LogP contribution in [0.1, 0.15) is 13.8 Å². The summed E-state index contributed by atoms with van der Waals surface area (Å²) >= 11 is 0. The average Bonchev–Trinajstić information content (AvgIpc) is 2.84. The quantitative estimate of drug-likeness (QED) is 0.750. The molecule has 0 fully saturated rings. The molecule has 0 saturated carbocycles. The van der Waals surface area contributed by atoms with E-state index in [-0.39, 0.29) is 0 Å². The first-order chi connectivity index (χ1) is 8.59. The molecule has 0 amide bonds. The average molecular weight is 267 g/mol. The van der Waals surface area contributed by atoms with Gasteiger partial charge >= 0.3 is 22.7 Å². The molecule has 2 rings (SSSR count). The Labute approximate surface area is 107 Å². The number of hydrogen-bond donors (Lipinski definition) is 0. The lowest BCUT2D eigenvalue weighted by Gasteiger charge is -1.96. The van der Waals surface area contributed by atoms with Crippen LogP contribution in [0, 0.1) is 0 Å². The summed E-state index contributed by atoms with van der Waals surface area (Å²) in [5, 5.41) is 0. The Balaban J connectivity index is 2.57.